The molecule has 5 heteroatoms. The molecular weight excluding hydrogens is 152 g/mol. The first-order chi connectivity index (χ1) is 5.12. The van der Waals surface area contributed by atoms with Crippen LogP contribution in [-0.2, 0) is 4.74 Å². The third-order valence-electron chi connectivity index (χ3n) is 2.43. The highest BCUT2D eigenvalue weighted by Crippen LogP contribution is 2.49. The SMILES string of the molecule is OC[C@H]1OC2C(O)[C@]2(O)C1O. The first-order valence-corrected chi connectivity index (χ1v) is 3.47. The number of hydrogen-bond acceptors (Lipinski definition) is 5. The maximum atomic E-state index is 9.37. The van der Waals surface area contributed by atoms with Gasteiger partial charge in [-0.3, -0.25) is 0 Å². The van der Waals surface area contributed by atoms with E-state index in [0.29, 0.717) is 0 Å². The van der Waals surface area contributed by atoms with Crippen molar-refractivity contribution in [1.29, 1.82) is 0 Å². The van der Waals surface area contributed by atoms with Gasteiger partial charge >= 0.3 is 0 Å². The molecular formula is C6H10O5. The number of fused-ring (bicyclic) bond motifs is 1. The van der Waals surface area contributed by atoms with Crippen LogP contribution >= 0.6 is 0 Å². The van der Waals surface area contributed by atoms with Crippen molar-refractivity contribution in [2.45, 2.75) is 30.0 Å². The largest absolute Gasteiger partial charge is 0.394 e. The molecule has 0 aromatic heterocycles. The predicted molar refractivity (Wildman–Crippen MR) is 32.7 cm³/mol. The van der Waals surface area contributed by atoms with Crippen molar-refractivity contribution in [3.05, 3.63) is 0 Å². The second-order valence-electron chi connectivity index (χ2n) is 3.05. The van der Waals surface area contributed by atoms with Gasteiger partial charge in [0, 0.05) is 0 Å². The molecule has 5 nitrogen and oxygen atoms in total. The van der Waals surface area contributed by atoms with Gasteiger partial charge in [-0.15, -0.1) is 0 Å². The van der Waals surface area contributed by atoms with Crippen LogP contribution < -0.4 is 0 Å². The van der Waals surface area contributed by atoms with Gasteiger partial charge in [0.1, 0.15) is 24.4 Å². The highest BCUT2D eigenvalue weighted by Gasteiger charge is 2.76. The van der Waals surface area contributed by atoms with Crippen molar-refractivity contribution in [3.63, 3.8) is 0 Å². The molecule has 0 spiro atoms. The molecule has 0 aromatic carbocycles. The van der Waals surface area contributed by atoms with Crippen LogP contribution in [0.25, 0.3) is 0 Å². The monoisotopic (exact) mass is 162 g/mol. The van der Waals surface area contributed by atoms with Crippen molar-refractivity contribution in [2.75, 3.05) is 6.61 Å². The summed E-state index contributed by atoms with van der Waals surface area (Å²) in [6.07, 6.45) is -3.64. The fraction of sp³-hybridized carbons (Fsp3) is 1.00. The summed E-state index contributed by atoms with van der Waals surface area (Å²) in [5.74, 6) is 0. The standard InChI is InChI=1S/C6H10O5/c7-1-2-3(8)6(10)4(9)5(6)11-2/h2-5,7-10H,1H2/t2-,3?,4?,5?,6-/m1/s1. The third kappa shape index (κ3) is 0.671. The molecule has 1 heterocycles. The molecule has 4 N–H and O–H groups in total. The minimum atomic E-state index is -1.52. The van der Waals surface area contributed by atoms with Crippen LogP contribution in [0.15, 0.2) is 0 Å². The van der Waals surface area contributed by atoms with E-state index >= 15 is 0 Å². The Labute approximate surface area is 62.8 Å². The van der Waals surface area contributed by atoms with Crippen LogP contribution in [0, 0.1) is 0 Å². The van der Waals surface area contributed by atoms with Gasteiger partial charge in [-0.05, 0) is 0 Å². The van der Waals surface area contributed by atoms with Crippen molar-refractivity contribution in [1.82, 2.24) is 0 Å². The smallest absolute Gasteiger partial charge is 0.150 e. The van der Waals surface area contributed by atoms with E-state index in [1.165, 1.54) is 0 Å². The number of aliphatic hydroxyl groups is 4. The Balaban J connectivity index is 2.13. The zero-order valence-electron chi connectivity index (χ0n) is 5.71. The lowest BCUT2D eigenvalue weighted by molar-refractivity contribution is -0.0811. The lowest BCUT2D eigenvalue weighted by Gasteiger charge is -2.18. The van der Waals surface area contributed by atoms with Gasteiger partial charge in [-0.2, -0.15) is 0 Å². The number of aliphatic hydroxyl groups excluding tert-OH is 3. The van der Waals surface area contributed by atoms with Crippen LogP contribution in [0.3, 0.4) is 0 Å². The summed E-state index contributed by atoms with van der Waals surface area (Å²) in [6.45, 7) is -0.341. The minimum absolute atomic E-state index is 0.341. The number of ether oxygens (including phenoxy) is 1. The van der Waals surface area contributed by atoms with Crippen molar-refractivity contribution in [2.24, 2.45) is 0 Å². The first-order valence-electron chi connectivity index (χ1n) is 3.47. The van der Waals surface area contributed by atoms with E-state index in [0.717, 1.165) is 0 Å². The van der Waals surface area contributed by atoms with Crippen LogP contribution in [0.5, 0.6) is 0 Å². The van der Waals surface area contributed by atoms with Gasteiger partial charge in [0.05, 0.1) is 6.61 Å². The highest BCUT2D eigenvalue weighted by atomic mass is 16.6. The molecule has 1 aliphatic heterocycles. The molecule has 1 aliphatic carbocycles. The quantitative estimate of drug-likeness (QED) is 0.334. The molecule has 5 atom stereocenters. The maximum absolute atomic E-state index is 9.37. The highest BCUT2D eigenvalue weighted by molar-refractivity contribution is 5.25. The molecule has 64 valence electrons. The Morgan fingerprint density at radius 3 is 2.27 bits per heavy atom. The molecule has 0 amide bonds. The van der Waals surface area contributed by atoms with E-state index in [1.807, 2.05) is 0 Å². The second kappa shape index (κ2) is 1.94. The summed E-state index contributed by atoms with van der Waals surface area (Å²) < 4.78 is 4.91. The lowest BCUT2D eigenvalue weighted by atomic mass is 10.1. The molecule has 2 aliphatic rings. The van der Waals surface area contributed by atoms with Crippen molar-refractivity contribution >= 4 is 0 Å². The van der Waals surface area contributed by atoms with Crippen molar-refractivity contribution < 1.29 is 25.2 Å². The zero-order chi connectivity index (χ0) is 8.22. The van der Waals surface area contributed by atoms with E-state index in [2.05, 4.69) is 0 Å². The molecule has 0 aromatic rings. The molecule has 1 saturated carbocycles. The number of rotatable bonds is 1. The third-order valence-corrected chi connectivity index (χ3v) is 2.43. The Morgan fingerprint density at radius 2 is 1.91 bits per heavy atom. The second-order valence-corrected chi connectivity index (χ2v) is 3.05. The van der Waals surface area contributed by atoms with E-state index < -0.39 is 30.0 Å². The molecule has 11 heavy (non-hydrogen) atoms. The summed E-state index contributed by atoms with van der Waals surface area (Å²) >= 11 is 0. The molecule has 0 bridgehead atoms. The Bertz CT molecular complexity index is 184. The molecule has 2 fully saturated rings. The number of hydrogen-bond donors (Lipinski definition) is 4. The van der Waals surface area contributed by atoms with E-state index in [1.54, 1.807) is 0 Å². The predicted octanol–water partition coefficient (Wildman–Crippen LogP) is -2.79. The van der Waals surface area contributed by atoms with Gasteiger partial charge in [-0.1, -0.05) is 0 Å². The summed E-state index contributed by atoms with van der Waals surface area (Å²) in [4.78, 5) is 0. The fourth-order valence-corrected chi connectivity index (χ4v) is 1.57. The van der Waals surface area contributed by atoms with Crippen LogP contribution in [-0.4, -0.2) is 57.0 Å². The maximum Gasteiger partial charge on any atom is 0.150 e. The average molecular weight is 162 g/mol. The van der Waals surface area contributed by atoms with Gasteiger partial charge in [0.15, 0.2) is 5.60 Å². The molecule has 1 saturated heterocycles. The zero-order valence-corrected chi connectivity index (χ0v) is 5.71. The average Bonchev–Trinajstić information content (AvgIpc) is 2.37. The minimum Gasteiger partial charge on any atom is -0.394 e. The van der Waals surface area contributed by atoms with Gasteiger partial charge < -0.3 is 25.2 Å². The van der Waals surface area contributed by atoms with Crippen LogP contribution in [0.2, 0.25) is 0 Å². The summed E-state index contributed by atoms with van der Waals surface area (Å²) in [7, 11) is 0. The van der Waals surface area contributed by atoms with E-state index in [4.69, 9.17) is 14.9 Å². The molecule has 2 rings (SSSR count). The topological polar surface area (TPSA) is 90.2 Å². The van der Waals surface area contributed by atoms with E-state index in [-0.39, 0.29) is 6.61 Å². The van der Waals surface area contributed by atoms with Crippen LogP contribution in [0.1, 0.15) is 0 Å². The van der Waals surface area contributed by atoms with Crippen molar-refractivity contribution in [3.8, 4) is 0 Å². The Morgan fingerprint density at radius 1 is 1.27 bits per heavy atom. The first kappa shape index (κ1) is 7.45. The summed E-state index contributed by atoms with van der Waals surface area (Å²) in [5.41, 5.74) is -1.52. The van der Waals surface area contributed by atoms with Crippen LogP contribution in [0.4, 0.5) is 0 Å². The fourth-order valence-electron chi connectivity index (χ4n) is 1.57. The van der Waals surface area contributed by atoms with Gasteiger partial charge in [-0.25, -0.2) is 0 Å². The summed E-state index contributed by atoms with van der Waals surface area (Å²) in [6, 6.07) is 0. The molecule has 0 radical (unpaired) electrons. The van der Waals surface area contributed by atoms with Gasteiger partial charge in [0.2, 0.25) is 0 Å². The molecule has 3 unspecified atom stereocenters. The summed E-state index contributed by atoms with van der Waals surface area (Å²) in [5, 5.41) is 36.2. The Kier molecular flexibility index (Phi) is 1.31. The lowest BCUT2D eigenvalue weighted by Crippen LogP contribution is -2.40. The normalized spacial score (nSPS) is 61.1. The van der Waals surface area contributed by atoms with E-state index in [9.17, 15) is 10.2 Å². The Hall–Kier alpha value is -0.200. The van der Waals surface area contributed by atoms with Gasteiger partial charge in [0.25, 0.3) is 0 Å².